The van der Waals surface area contributed by atoms with Crippen LogP contribution in [0.15, 0.2) is 30.4 Å². The second-order valence-corrected chi connectivity index (χ2v) is 11.0. The molecular formula is C34H61N5O3S. The van der Waals surface area contributed by atoms with E-state index in [4.69, 9.17) is 14.6 Å². The maximum atomic E-state index is 12.9. The molecule has 5 N–H and O–H groups in total. The SMILES string of the molecule is C=O.C=O.CC.CCc1ccc2nc(CCC(=O)NC(C/C=C/CN3CCCCC3)C3CCCCC3)sc2c1.CN.CN. The van der Waals surface area contributed by atoms with Crippen LogP contribution in [0.25, 0.3) is 10.2 Å². The monoisotopic (exact) mass is 619 g/mol. The predicted octanol–water partition coefficient (Wildman–Crippen LogP) is 6.09. The van der Waals surface area contributed by atoms with Gasteiger partial charge < -0.3 is 26.4 Å². The van der Waals surface area contributed by atoms with Crippen LogP contribution >= 0.6 is 11.3 Å². The zero-order valence-electron chi connectivity index (χ0n) is 27.7. The minimum Gasteiger partial charge on any atom is -0.353 e. The van der Waals surface area contributed by atoms with Crippen molar-refractivity contribution in [3.8, 4) is 0 Å². The van der Waals surface area contributed by atoms with Gasteiger partial charge in [-0.05, 0) is 89.3 Å². The molecule has 1 saturated heterocycles. The Kier molecular flexibility index (Phi) is 29.4. The number of fused-ring (bicyclic) bond motifs is 1. The summed E-state index contributed by atoms with van der Waals surface area (Å²) in [4.78, 5) is 36.2. The molecular weight excluding hydrogens is 558 g/mol. The fraction of sp³-hybridized carbons (Fsp3) is 0.647. The molecule has 246 valence electrons. The van der Waals surface area contributed by atoms with Crippen molar-refractivity contribution in [3.05, 3.63) is 40.9 Å². The van der Waals surface area contributed by atoms with Crippen molar-refractivity contribution in [1.82, 2.24) is 15.2 Å². The zero-order chi connectivity index (χ0) is 32.9. The summed E-state index contributed by atoms with van der Waals surface area (Å²) >= 11 is 1.74. The molecule has 1 unspecified atom stereocenters. The molecule has 0 radical (unpaired) electrons. The minimum atomic E-state index is 0.184. The van der Waals surface area contributed by atoms with Gasteiger partial charge in [0.15, 0.2) is 0 Å². The second-order valence-electron chi connectivity index (χ2n) is 9.90. The summed E-state index contributed by atoms with van der Waals surface area (Å²) in [6.07, 6.45) is 18.4. The van der Waals surface area contributed by atoms with E-state index in [1.54, 1.807) is 11.3 Å². The average Bonchev–Trinajstić information content (AvgIpc) is 3.53. The molecule has 9 heteroatoms. The highest BCUT2D eigenvalue weighted by Gasteiger charge is 2.24. The molecule has 0 spiro atoms. The van der Waals surface area contributed by atoms with Gasteiger partial charge in [0, 0.05) is 25.4 Å². The highest BCUT2D eigenvalue weighted by molar-refractivity contribution is 7.18. The third-order valence-corrected chi connectivity index (χ3v) is 8.48. The maximum absolute atomic E-state index is 12.9. The van der Waals surface area contributed by atoms with Gasteiger partial charge in [0.2, 0.25) is 5.91 Å². The smallest absolute Gasteiger partial charge is 0.220 e. The molecule has 1 aromatic carbocycles. The largest absolute Gasteiger partial charge is 0.353 e. The number of hydrogen-bond donors (Lipinski definition) is 3. The normalized spacial score (nSPS) is 15.4. The summed E-state index contributed by atoms with van der Waals surface area (Å²) in [5.41, 5.74) is 11.4. The maximum Gasteiger partial charge on any atom is 0.220 e. The fourth-order valence-electron chi connectivity index (χ4n) is 5.36. The second kappa shape index (κ2) is 29.6. The molecule has 43 heavy (non-hydrogen) atoms. The number of nitrogens with one attached hydrogen (secondary N) is 1. The van der Waals surface area contributed by atoms with Crippen LogP contribution in [-0.4, -0.2) is 69.1 Å². The van der Waals surface area contributed by atoms with Gasteiger partial charge in [-0.3, -0.25) is 9.69 Å². The minimum absolute atomic E-state index is 0.184. The van der Waals surface area contributed by atoms with Crippen LogP contribution in [-0.2, 0) is 27.2 Å². The number of piperidine rings is 1. The highest BCUT2D eigenvalue weighted by Crippen LogP contribution is 2.28. The van der Waals surface area contributed by atoms with E-state index in [1.807, 2.05) is 27.4 Å². The lowest BCUT2D eigenvalue weighted by molar-refractivity contribution is -0.122. The van der Waals surface area contributed by atoms with Gasteiger partial charge in [-0.2, -0.15) is 0 Å². The number of aryl methyl sites for hydroxylation is 2. The lowest BCUT2D eigenvalue weighted by atomic mass is 9.82. The summed E-state index contributed by atoms with van der Waals surface area (Å²) < 4.78 is 1.24. The predicted molar refractivity (Wildman–Crippen MR) is 186 cm³/mol. The molecule has 2 heterocycles. The summed E-state index contributed by atoms with van der Waals surface area (Å²) in [5, 5.41) is 4.49. The van der Waals surface area contributed by atoms with Gasteiger partial charge in [-0.1, -0.05) is 64.7 Å². The number of nitrogens with two attached hydrogens (primary N) is 2. The molecule has 1 aliphatic carbocycles. The van der Waals surface area contributed by atoms with Crippen molar-refractivity contribution in [2.45, 2.75) is 104 Å². The van der Waals surface area contributed by atoms with Gasteiger partial charge in [0.25, 0.3) is 0 Å². The van der Waals surface area contributed by atoms with Crippen molar-refractivity contribution in [1.29, 1.82) is 0 Å². The van der Waals surface area contributed by atoms with E-state index in [9.17, 15) is 4.79 Å². The van der Waals surface area contributed by atoms with E-state index in [-0.39, 0.29) is 11.9 Å². The van der Waals surface area contributed by atoms with Gasteiger partial charge in [0.05, 0.1) is 15.2 Å². The lowest BCUT2D eigenvalue weighted by Gasteiger charge is -2.30. The van der Waals surface area contributed by atoms with Gasteiger partial charge in [-0.15, -0.1) is 11.3 Å². The number of benzene rings is 1. The fourth-order valence-corrected chi connectivity index (χ4v) is 6.39. The molecule has 0 bridgehead atoms. The Labute approximate surface area is 266 Å². The van der Waals surface area contributed by atoms with Crippen molar-refractivity contribution in [2.24, 2.45) is 17.4 Å². The van der Waals surface area contributed by atoms with Crippen LogP contribution in [0.5, 0.6) is 0 Å². The van der Waals surface area contributed by atoms with Gasteiger partial charge in [-0.25, -0.2) is 4.98 Å². The van der Waals surface area contributed by atoms with E-state index in [0.29, 0.717) is 12.3 Å². The molecule has 1 aromatic heterocycles. The highest BCUT2D eigenvalue weighted by atomic mass is 32.1. The Bertz CT molecular complexity index is 955. The first-order valence-corrected chi connectivity index (χ1v) is 16.8. The molecule has 1 amide bonds. The number of aromatic nitrogens is 1. The number of nitrogens with zero attached hydrogens (tertiary/aromatic N) is 2. The average molecular weight is 620 g/mol. The van der Waals surface area contributed by atoms with Crippen molar-refractivity contribution in [2.75, 3.05) is 33.7 Å². The molecule has 1 atom stereocenters. The number of carbonyl (C=O) groups is 3. The van der Waals surface area contributed by atoms with Gasteiger partial charge in [0.1, 0.15) is 13.6 Å². The third-order valence-electron chi connectivity index (χ3n) is 7.41. The molecule has 4 rings (SSSR count). The Morgan fingerprint density at radius 1 is 1.00 bits per heavy atom. The number of thiazole rings is 1. The number of amides is 1. The molecule has 2 aromatic rings. The topological polar surface area (TPSA) is 131 Å². The quantitative estimate of drug-likeness (QED) is 0.274. The summed E-state index contributed by atoms with van der Waals surface area (Å²) in [6, 6.07) is 6.79. The Morgan fingerprint density at radius 3 is 2.21 bits per heavy atom. The van der Waals surface area contributed by atoms with E-state index >= 15 is 0 Å². The van der Waals surface area contributed by atoms with Crippen LogP contribution in [0.4, 0.5) is 0 Å². The molecule has 2 aliphatic rings. The molecule has 2 fully saturated rings. The van der Waals surface area contributed by atoms with Crippen LogP contribution in [0.1, 0.15) is 95.6 Å². The summed E-state index contributed by atoms with van der Waals surface area (Å²) in [7, 11) is 3.00. The first kappa shape index (κ1) is 42.7. The van der Waals surface area contributed by atoms with E-state index in [0.717, 1.165) is 36.3 Å². The zero-order valence-corrected chi connectivity index (χ0v) is 28.6. The van der Waals surface area contributed by atoms with Crippen LogP contribution < -0.4 is 16.8 Å². The van der Waals surface area contributed by atoms with E-state index < -0.39 is 0 Å². The lowest BCUT2D eigenvalue weighted by Crippen LogP contribution is -2.41. The first-order valence-electron chi connectivity index (χ1n) is 16.0. The molecule has 1 aliphatic heterocycles. The van der Waals surface area contributed by atoms with E-state index in [1.165, 1.54) is 88.8 Å². The van der Waals surface area contributed by atoms with Crippen LogP contribution in [0.3, 0.4) is 0 Å². The Hall–Kier alpha value is -2.46. The van der Waals surface area contributed by atoms with Crippen LogP contribution in [0, 0.1) is 5.92 Å². The molecule has 1 saturated carbocycles. The van der Waals surface area contributed by atoms with E-state index in [2.05, 4.69) is 59.0 Å². The number of carbonyl (C=O) groups excluding carboxylic acids is 3. The summed E-state index contributed by atoms with van der Waals surface area (Å²) in [5.74, 6) is 0.806. The first-order chi connectivity index (χ1) is 21.2. The van der Waals surface area contributed by atoms with Crippen molar-refractivity contribution >= 4 is 41.0 Å². The number of rotatable bonds is 10. The van der Waals surface area contributed by atoms with Crippen molar-refractivity contribution < 1.29 is 14.4 Å². The van der Waals surface area contributed by atoms with Crippen molar-refractivity contribution in [3.63, 3.8) is 0 Å². The third kappa shape index (κ3) is 17.4. The van der Waals surface area contributed by atoms with Gasteiger partial charge >= 0.3 is 0 Å². The molecule has 8 nitrogen and oxygen atoms in total. The number of hydrogen-bond acceptors (Lipinski definition) is 8. The summed E-state index contributed by atoms with van der Waals surface area (Å²) in [6.45, 7) is 13.7. The Balaban J connectivity index is 0. The standard InChI is InChI=1S/C28H41N3OS.C2H6.2CH5N.2CH2O/c1-2-22-14-15-25-26(21-22)33-28(30-25)17-16-27(32)29-24(23-11-5-3-6-12-23)13-7-10-20-31-18-8-4-9-19-31;5*1-2/h7,10,14-15,21,23-24H,2-6,8-9,11-13,16-20H2,1H3,(H,29,32);1-2H3;2*2H2,1H3;2*1H2/b10-7+;;;;;. The Morgan fingerprint density at radius 2 is 1.60 bits per heavy atom. The number of likely N-dealkylation sites (tertiary alicyclic amines) is 1. The van der Waals surface area contributed by atoms with Crippen LogP contribution in [0.2, 0.25) is 0 Å².